The number of nitrogens with one attached hydrogen (secondary N) is 1. The Hall–Kier alpha value is -2.45. The molecule has 132 valence electrons. The van der Waals surface area contributed by atoms with Gasteiger partial charge in [-0.1, -0.05) is 18.2 Å². The number of carbonyl (C=O) groups is 1. The van der Waals surface area contributed by atoms with Gasteiger partial charge in [0, 0.05) is 19.3 Å². The van der Waals surface area contributed by atoms with Crippen molar-refractivity contribution in [3.8, 4) is 0 Å². The first-order valence-electron chi connectivity index (χ1n) is 7.62. The zero-order chi connectivity index (χ0) is 18.0. The van der Waals surface area contributed by atoms with Crippen LogP contribution >= 0.6 is 0 Å². The maximum atomic E-state index is 13.8. The van der Waals surface area contributed by atoms with Crippen LogP contribution < -0.4 is 9.62 Å². The lowest BCUT2D eigenvalue weighted by atomic mass is 10.1. The number of amides is 1. The molecule has 25 heavy (non-hydrogen) atoms. The summed E-state index contributed by atoms with van der Waals surface area (Å²) < 4.78 is 45.8. The van der Waals surface area contributed by atoms with Crippen LogP contribution in [0.5, 0.6) is 0 Å². The largest absolute Gasteiger partial charge is 0.375 e. The SMILES string of the molecule is COCC(=O)N1CCc2ccc(NS(=O)(=O)c3ccccc3F)cc21. The number of hydrogen-bond donors (Lipinski definition) is 1. The zero-order valence-corrected chi connectivity index (χ0v) is 14.3. The summed E-state index contributed by atoms with van der Waals surface area (Å²) in [5.74, 6) is -1.02. The Morgan fingerprint density at radius 2 is 2.04 bits per heavy atom. The second-order valence-corrected chi connectivity index (χ2v) is 7.26. The van der Waals surface area contributed by atoms with Crippen molar-refractivity contribution in [2.45, 2.75) is 11.3 Å². The maximum absolute atomic E-state index is 13.8. The molecule has 0 aromatic heterocycles. The van der Waals surface area contributed by atoms with E-state index in [1.54, 1.807) is 23.1 Å². The second-order valence-electron chi connectivity index (χ2n) is 5.61. The van der Waals surface area contributed by atoms with Crippen LogP contribution in [0.4, 0.5) is 15.8 Å². The van der Waals surface area contributed by atoms with Crippen LogP contribution in [-0.2, 0) is 26.0 Å². The number of fused-ring (bicyclic) bond motifs is 1. The normalized spacial score (nSPS) is 13.6. The molecule has 8 heteroatoms. The molecular formula is C17H17FN2O4S. The van der Waals surface area contributed by atoms with Gasteiger partial charge in [0.2, 0.25) is 0 Å². The lowest BCUT2D eigenvalue weighted by molar-refractivity contribution is -0.122. The number of halogens is 1. The van der Waals surface area contributed by atoms with Crippen molar-refractivity contribution in [1.29, 1.82) is 0 Å². The number of rotatable bonds is 5. The highest BCUT2D eigenvalue weighted by molar-refractivity contribution is 7.92. The van der Waals surface area contributed by atoms with Gasteiger partial charge in [-0.15, -0.1) is 0 Å². The van der Waals surface area contributed by atoms with Gasteiger partial charge in [0.05, 0.1) is 5.69 Å². The van der Waals surface area contributed by atoms with E-state index in [1.807, 2.05) is 0 Å². The number of hydrogen-bond acceptors (Lipinski definition) is 4. The second kappa shape index (κ2) is 6.81. The van der Waals surface area contributed by atoms with Crippen molar-refractivity contribution in [2.75, 3.05) is 29.9 Å². The van der Waals surface area contributed by atoms with E-state index in [2.05, 4.69) is 4.72 Å². The quantitative estimate of drug-likeness (QED) is 0.882. The lowest BCUT2D eigenvalue weighted by Gasteiger charge is -2.18. The summed E-state index contributed by atoms with van der Waals surface area (Å²) in [5, 5.41) is 0. The predicted molar refractivity (Wildman–Crippen MR) is 91.6 cm³/mol. The Labute approximate surface area is 145 Å². The molecule has 1 aliphatic heterocycles. The number of ether oxygens (including phenoxy) is 1. The van der Waals surface area contributed by atoms with Crippen LogP contribution in [0.3, 0.4) is 0 Å². The first-order chi connectivity index (χ1) is 11.9. The molecule has 1 heterocycles. The van der Waals surface area contributed by atoms with Crippen molar-refractivity contribution in [3.63, 3.8) is 0 Å². The van der Waals surface area contributed by atoms with Crippen molar-refractivity contribution in [3.05, 3.63) is 53.8 Å². The van der Waals surface area contributed by atoms with Crippen LogP contribution in [0.15, 0.2) is 47.4 Å². The summed E-state index contributed by atoms with van der Waals surface area (Å²) in [6, 6.07) is 10.1. The van der Waals surface area contributed by atoms with E-state index in [4.69, 9.17) is 4.74 Å². The molecule has 0 bridgehead atoms. The van der Waals surface area contributed by atoms with Gasteiger partial charge in [-0.25, -0.2) is 12.8 Å². The highest BCUT2D eigenvalue weighted by atomic mass is 32.2. The number of sulfonamides is 1. The van der Waals surface area contributed by atoms with Gasteiger partial charge in [0.15, 0.2) is 0 Å². The number of methoxy groups -OCH3 is 1. The van der Waals surface area contributed by atoms with Crippen molar-refractivity contribution < 1.29 is 22.3 Å². The van der Waals surface area contributed by atoms with E-state index in [0.717, 1.165) is 11.6 Å². The minimum atomic E-state index is -4.06. The molecule has 3 rings (SSSR count). The third kappa shape index (κ3) is 3.49. The van der Waals surface area contributed by atoms with Crippen LogP contribution in [0, 0.1) is 5.82 Å². The molecule has 0 saturated carbocycles. The monoisotopic (exact) mass is 364 g/mol. The molecule has 0 radical (unpaired) electrons. The molecule has 1 amide bonds. The Bertz CT molecular complexity index is 915. The molecule has 1 aliphatic rings. The van der Waals surface area contributed by atoms with E-state index in [1.165, 1.54) is 25.3 Å². The van der Waals surface area contributed by atoms with Crippen LogP contribution in [0.2, 0.25) is 0 Å². The van der Waals surface area contributed by atoms with Gasteiger partial charge < -0.3 is 9.64 Å². The molecule has 6 nitrogen and oxygen atoms in total. The smallest absolute Gasteiger partial charge is 0.264 e. The molecule has 2 aromatic rings. The van der Waals surface area contributed by atoms with Gasteiger partial charge >= 0.3 is 0 Å². The van der Waals surface area contributed by atoms with Gasteiger partial charge in [0.1, 0.15) is 17.3 Å². The summed E-state index contributed by atoms with van der Waals surface area (Å²) in [5.41, 5.74) is 1.84. The summed E-state index contributed by atoms with van der Waals surface area (Å²) in [7, 11) is -2.62. The number of anilines is 2. The van der Waals surface area contributed by atoms with E-state index >= 15 is 0 Å². The third-order valence-electron chi connectivity index (χ3n) is 3.93. The first kappa shape index (κ1) is 17.4. The lowest BCUT2D eigenvalue weighted by Crippen LogP contribution is -2.32. The average Bonchev–Trinajstić information content (AvgIpc) is 2.98. The standard InChI is InChI=1S/C17H17FN2O4S/c1-24-11-17(21)20-9-8-12-6-7-13(10-15(12)20)19-25(22,23)16-5-3-2-4-14(16)18/h2-7,10,19H,8-9,11H2,1H3. The molecule has 0 atom stereocenters. The van der Waals surface area contributed by atoms with Crippen molar-refractivity contribution >= 4 is 27.3 Å². The van der Waals surface area contributed by atoms with Crippen LogP contribution in [-0.4, -0.2) is 34.6 Å². The maximum Gasteiger partial charge on any atom is 0.264 e. The molecule has 2 aromatic carbocycles. The van der Waals surface area contributed by atoms with E-state index < -0.39 is 20.7 Å². The van der Waals surface area contributed by atoms with E-state index in [0.29, 0.717) is 18.7 Å². The molecular weight excluding hydrogens is 347 g/mol. The molecule has 0 unspecified atom stereocenters. The predicted octanol–water partition coefficient (Wildman–Crippen LogP) is 2.16. The van der Waals surface area contributed by atoms with Gasteiger partial charge in [-0.2, -0.15) is 0 Å². The Kier molecular flexibility index (Phi) is 4.73. The fraction of sp³-hybridized carbons (Fsp3) is 0.235. The van der Waals surface area contributed by atoms with Gasteiger partial charge in [-0.05, 0) is 36.2 Å². The Balaban J connectivity index is 1.89. The molecule has 0 spiro atoms. The average molecular weight is 364 g/mol. The highest BCUT2D eigenvalue weighted by Gasteiger charge is 2.26. The van der Waals surface area contributed by atoms with Crippen LogP contribution in [0.1, 0.15) is 5.56 Å². The Morgan fingerprint density at radius 3 is 2.76 bits per heavy atom. The summed E-state index contributed by atoms with van der Waals surface area (Å²) >= 11 is 0. The molecule has 0 aliphatic carbocycles. The minimum Gasteiger partial charge on any atom is -0.375 e. The van der Waals surface area contributed by atoms with E-state index in [-0.39, 0.29) is 18.2 Å². The number of carbonyl (C=O) groups excluding carboxylic acids is 1. The fourth-order valence-electron chi connectivity index (χ4n) is 2.78. The highest BCUT2D eigenvalue weighted by Crippen LogP contribution is 2.32. The van der Waals surface area contributed by atoms with Gasteiger partial charge in [-0.3, -0.25) is 9.52 Å². The summed E-state index contributed by atoms with van der Waals surface area (Å²) in [4.78, 5) is 13.2. The van der Waals surface area contributed by atoms with Gasteiger partial charge in [0.25, 0.3) is 15.9 Å². The van der Waals surface area contributed by atoms with Crippen LogP contribution in [0.25, 0.3) is 0 Å². The molecule has 1 N–H and O–H groups in total. The number of benzene rings is 2. The summed E-state index contributed by atoms with van der Waals surface area (Å²) in [6.45, 7) is 0.464. The minimum absolute atomic E-state index is 0.0510. The molecule has 0 saturated heterocycles. The molecule has 0 fully saturated rings. The fourth-order valence-corrected chi connectivity index (χ4v) is 3.91. The van der Waals surface area contributed by atoms with Crippen molar-refractivity contribution in [2.24, 2.45) is 0 Å². The summed E-state index contributed by atoms with van der Waals surface area (Å²) in [6.07, 6.45) is 0.686. The van der Waals surface area contributed by atoms with E-state index in [9.17, 15) is 17.6 Å². The third-order valence-corrected chi connectivity index (χ3v) is 5.34. The first-order valence-corrected chi connectivity index (χ1v) is 9.10. The zero-order valence-electron chi connectivity index (χ0n) is 13.5. The van der Waals surface area contributed by atoms with Crippen molar-refractivity contribution in [1.82, 2.24) is 0 Å². The topological polar surface area (TPSA) is 75.7 Å². The Morgan fingerprint density at radius 1 is 1.28 bits per heavy atom. The number of nitrogens with zero attached hydrogens (tertiary/aromatic N) is 1.